The summed E-state index contributed by atoms with van der Waals surface area (Å²) in [5, 5.41) is 3.30. The summed E-state index contributed by atoms with van der Waals surface area (Å²) in [4.78, 5) is 18.7. The van der Waals surface area contributed by atoms with E-state index in [1.54, 1.807) is 18.3 Å². The molecule has 3 rings (SSSR count). The van der Waals surface area contributed by atoms with Crippen LogP contribution in [0.25, 0.3) is 0 Å². The van der Waals surface area contributed by atoms with Gasteiger partial charge in [-0.1, -0.05) is 0 Å². The standard InChI is InChI=1S/C13H15BrN4O2.ClH/c1-17-6-5-16-12(17)9-8-15-4-7-18(9)13(19)10-2-3-11(14)20-10;/h2-3,5-6,9,15H,4,7-8H2,1H3;1H. The van der Waals surface area contributed by atoms with Gasteiger partial charge in [0.2, 0.25) is 0 Å². The smallest absolute Gasteiger partial charge is 0.290 e. The summed E-state index contributed by atoms with van der Waals surface area (Å²) in [6, 6.07) is 3.33. The van der Waals surface area contributed by atoms with Crippen LogP contribution in [0.1, 0.15) is 22.4 Å². The third-order valence-corrected chi connectivity index (χ3v) is 3.87. The predicted octanol–water partition coefficient (Wildman–Crippen LogP) is 1.98. The second-order valence-corrected chi connectivity index (χ2v) is 5.50. The number of rotatable bonds is 2. The normalized spacial score (nSPS) is 18.4. The minimum Gasteiger partial charge on any atom is -0.444 e. The Morgan fingerprint density at radius 3 is 2.95 bits per heavy atom. The minimum atomic E-state index is -0.106. The Labute approximate surface area is 137 Å². The van der Waals surface area contributed by atoms with Crippen molar-refractivity contribution in [2.45, 2.75) is 6.04 Å². The molecule has 21 heavy (non-hydrogen) atoms. The third-order valence-electron chi connectivity index (χ3n) is 3.44. The van der Waals surface area contributed by atoms with E-state index in [0.717, 1.165) is 12.4 Å². The number of aryl methyl sites for hydroxylation is 1. The van der Waals surface area contributed by atoms with Crippen molar-refractivity contribution in [1.29, 1.82) is 0 Å². The molecule has 1 fully saturated rings. The van der Waals surface area contributed by atoms with E-state index in [-0.39, 0.29) is 24.4 Å². The van der Waals surface area contributed by atoms with Gasteiger partial charge in [-0.25, -0.2) is 4.98 Å². The summed E-state index contributed by atoms with van der Waals surface area (Å²) in [6.45, 7) is 2.10. The fourth-order valence-electron chi connectivity index (χ4n) is 2.45. The Balaban J connectivity index is 0.00000161. The number of amides is 1. The van der Waals surface area contributed by atoms with Crippen LogP contribution in [0, 0.1) is 0 Å². The first-order valence-electron chi connectivity index (χ1n) is 6.41. The van der Waals surface area contributed by atoms with Crippen LogP contribution in [0.2, 0.25) is 0 Å². The van der Waals surface area contributed by atoms with Crippen molar-refractivity contribution in [2.24, 2.45) is 7.05 Å². The highest BCUT2D eigenvalue weighted by atomic mass is 79.9. The first-order chi connectivity index (χ1) is 9.66. The summed E-state index contributed by atoms with van der Waals surface area (Å²) in [5.74, 6) is 1.11. The van der Waals surface area contributed by atoms with Gasteiger partial charge in [0, 0.05) is 39.1 Å². The van der Waals surface area contributed by atoms with Crippen LogP contribution in [0.3, 0.4) is 0 Å². The van der Waals surface area contributed by atoms with Crippen molar-refractivity contribution < 1.29 is 9.21 Å². The van der Waals surface area contributed by atoms with Gasteiger partial charge in [-0.15, -0.1) is 12.4 Å². The maximum atomic E-state index is 12.6. The van der Waals surface area contributed by atoms with Gasteiger partial charge in [0.25, 0.3) is 5.91 Å². The zero-order chi connectivity index (χ0) is 14.1. The SMILES string of the molecule is Cl.Cn1ccnc1C1CNCCN1C(=O)c1ccc(Br)o1. The van der Waals surface area contributed by atoms with Crippen molar-refractivity contribution in [1.82, 2.24) is 19.8 Å². The molecule has 1 aliphatic heterocycles. The van der Waals surface area contributed by atoms with Gasteiger partial charge in [-0.2, -0.15) is 0 Å². The van der Waals surface area contributed by atoms with Gasteiger partial charge in [0.05, 0.1) is 0 Å². The molecule has 0 spiro atoms. The Morgan fingerprint density at radius 2 is 2.33 bits per heavy atom. The van der Waals surface area contributed by atoms with E-state index < -0.39 is 0 Å². The summed E-state index contributed by atoms with van der Waals surface area (Å²) in [5.41, 5.74) is 0. The number of piperazine rings is 1. The second kappa shape index (κ2) is 6.64. The number of halogens is 2. The molecule has 1 amide bonds. The average Bonchev–Trinajstić information content (AvgIpc) is 3.07. The Kier molecular flexibility index (Phi) is 5.08. The molecule has 0 saturated carbocycles. The van der Waals surface area contributed by atoms with E-state index in [0.29, 0.717) is 23.5 Å². The van der Waals surface area contributed by atoms with E-state index in [9.17, 15) is 4.79 Å². The van der Waals surface area contributed by atoms with Crippen LogP contribution in [0.15, 0.2) is 33.6 Å². The molecule has 3 heterocycles. The molecule has 1 unspecified atom stereocenters. The zero-order valence-corrected chi connectivity index (χ0v) is 13.9. The number of imidazole rings is 1. The maximum Gasteiger partial charge on any atom is 0.290 e. The number of carbonyl (C=O) groups is 1. The summed E-state index contributed by atoms with van der Waals surface area (Å²) >= 11 is 3.22. The van der Waals surface area contributed by atoms with Gasteiger partial charge >= 0.3 is 0 Å². The Bertz CT molecular complexity index is 627. The van der Waals surface area contributed by atoms with Gasteiger partial charge in [0.1, 0.15) is 11.9 Å². The van der Waals surface area contributed by atoms with Crippen LogP contribution in [-0.4, -0.2) is 40.0 Å². The molecule has 0 aliphatic carbocycles. The highest BCUT2D eigenvalue weighted by Gasteiger charge is 2.32. The molecule has 0 radical (unpaired) electrons. The molecule has 1 aliphatic rings. The van der Waals surface area contributed by atoms with Crippen LogP contribution >= 0.6 is 28.3 Å². The first kappa shape index (κ1) is 16.1. The van der Waals surface area contributed by atoms with Crippen molar-refractivity contribution >= 4 is 34.2 Å². The highest BCUT2D eigenvalue weighted by Crippen LogP contribution is 2.24. The van der Waals surface area contributed by atoms with Gasteiger partial charge < -0.3 is 19.2 Å². The molecule has 1 atom stereocenters. The molecule has 0 bridgehead atoms. The largest absolute Gasteiger partial charge is 0.444 e. The molecule has 6 nitrogen and oxygen atoms in total. The Hall–Kier alpha value is -1.31. The average molecular weight is 376 g/mol. The molecular weight excluding hydrogens is 360 g/mol. The predicted molar refractivity (Wildman–Crippen MR) is 83.5 cm³/mol. The number of hydrogen-bond acceptors (Lipinski definition) is 4. The van der Waals surface area contributed by atoms with Crippen molar-refractivity contribution in [3.05, 3.63) is 40.8 Å². The van der Waals surface area contributed by atoms with Gasteiger partial charge in [0.15, 0.2) is 10.4 Å². The monoisotopic (exact) mass is 374 g/mol. The lowest BCUT2D eigenvalue weighted by Crippen LogP contribution is -2.49. The number of aromatic nitrogens is 2. The maximum absolute atomic E-state index is 12.6. The van der Waals surface area contributed by atoms with Crippen molar-refractivity contribution in [3.63, 3.8) is 0 Å². The number of furan rings is 1. The summed E-state index contributed by atoms with van der Waals surface area (Å²) in [7, 11) is 1.93. The van der Waals surface area contributed by atoms with E-state index in [4.69, 9.17) is 4.42 Å². The number of nitrogens with one attached hydrogen (secondary N) is 1. The summed E-state index contributed by atoms with van der Waals surface area (Å²) < 4.78 is 7.87. The van der Waals surface area contributed by atoms with Crippen LogP contribution < -0.4 is 5.32 Å². The summed E-state index contributed by atoms with van der Waals surface area (Å²) in [6.07, 6.45) is 3.63. The topological polar surface area (TPSA) is 63.3 Å². The molecule has 114 valence electrons. The molecule has 1 saturated heterocycles. The number of hydrogen-bond donors (Lipinski definition) is 1. The highest BCUT2D eigenvalue weighted by molar-refractivity contribution is 9.10. The first-order valence-corrected chi connectivity index (χ1v) is 7.20. The van der Waals surface area contributed by atoms with Crippen molar-refractivity contribution in [2.75, 3.05) is 19.6 Å². The molecule has 2 aromatic heterocycles. The lowest BCUT2D eigenvalue weighted by atomic mass is 10.1. The van der Waals surface area contributed by atoms with Crippen LogP contribution in [0.5, 0.6) is 0 Å². The fraction of sp³-hybridized carbons (Fsp3) is 0.385. The fourth-order valence-corrected chi connectivity index (χ4v) is 2.75. The third kappa shape index (κ3) is 3.14. The van der Waals surface area contributed by atoms with E-state index in [1.807, 2.05) is 22.7 Å². The van der Waals surface area contributed by atoms with Crippen LogP contribution in [-0.2, 0) is 7.05 Å². The number of nitrogens with zero attached hydrogens (tertiary/aromatic N) is 3. The van der Waals surface area contributed by atoms with Crippen LogP contribution in [0.4, 0.5) is 0 Å². The van der Waals surface area contributed by atoms with Gasteiger partial charge in [-0.3, -0.25) is 4.79 Å². The molecule has 8 heteroatoms. The lowest BCUT2D eigenvalue weighted by Gasteiger charge is -2.35. The van der Waals surface area contributed by atoms with E-state index >= 15 is 0 Å². The Morgan fingerprint density at radius 1 is 1.52 bits per heavy atom. The quantitative estimate of drug-likeness (QED) is 0.872. The molecule has 0 aromatic carbocycles. The second-order valence-electron chi connectivity index (χ2n) is 4.72. The number of carbonyl (C=O) groups excluding carboxylic acids is 1. The lowest BCUT2D eigenvalue weighted by molar-refractivity contribution is 0.0587. The molecule has 2 aromatic rings. The molecular formula is C13H16BrClN4O2. The molecule has 1 N–H and O–H groups in total. The minimum absolute atomic E-state index is 0. The zero-order valence-electron chi connectivity index (χ0n) is 11.5. The van der Waals surface area contributed by atoms with Gasteiger partial charge in [-0.05, 0) is 28.1 Å². The van der Waals surface area contributed by atoms with E-state index in [2.05, 4.69) is 26.2 Å². The van der Waals surface area contributed by atoms with Crippen molar-refractivity contribution in [3.8, 4) is 0 Å². The van der Waals surface area contributed by atoms with E-state index in [1.165, 1.54) is 0 Å².